The van der Waals surface area contributed by atoms with Gasteiger partial charge < -0.3 is 19.1 Å². The molecule has 4 rings (SSSR count). The molecular formula is C24H29N5O3. The van der Waals surface area contributed by atoms with E-state index in [-0.39, 0.29) is 12.0 Å². The van der Waals surface area contributed by atoms with Crippen LogP contribution in [0.4, 0.5) is 4.79 Å². The van der Waals surface area contributed by atoms with Crippen LogP contribution in [0.5, 0.6) is 0 Å². The van der Waals surface area contributed by atoms with E-state index in [1.54, 1.807) is 21.4 Å². The van der Waals surface area contributed by atoms with Crippen LogP contribution in [0.1, 0.15) is 28.5 Å². The molecule has 0 spiro atoms. The Morgan fingerprint density at radius 1 is 1.03 bits per heavy atom. The first-order valence-electron chi connectivity index (χ1n) is 10.9. The van der Waals surface area contributed by atoms with E-state index in [2.05, 4.69) is 6.07 Å². The zero-order chi connectivity index (χ0) is 22.8. The lowest BCUT2D eigenvalue weighted by atomic mass is 10.1. The monoisotopic (exact) mass is 435 g/mol. The average molecular weight is 436 g/mol. The third-order valence-corrected chi connectivity index (χ3v) is 5.82. The highest BCUT2D eigenvalue weighted by molar-refractivity contribution is 5.94. The molecule has 0 aliphatic carbocycles. The maximum absolute atomic E-state index is 13.6. The fourth-order valence-electron chi connectivity index (χ4n) is 3.99. The van der Waals surface area contributed by atoms with Gasteiger partial charge in [0, 0.05) is 39.4 Å². The first-order chi connectivity index (χ1) is 15.4. The molecule has 168 valence electrons. The molecule has 2 aromatic heterocycles. The van der Waals surface area contributed by atoms with Gasteiger partial charge in [0.05, 0.1) is 18.0 Å². The van der Waals surface area contributed by atoms with Crippen LogP contribution >= 0.6 is 0 Å². The number of carbonyl (C=O) groups excluding carboxylic acids is 2. The van der Waals surface area contributed by atoms with Crippen molar-refractivity contribution in [2.45, 2.75) is 20.8 Å². The van der Waals surface area contributed by atoms with Crippen LogP contribution in [0.2, 0.25) is 0 Å². The number of amides is 2. The molecule has 0 bridgehead atoms. The van der Waals surface area contributed by atoms with E-state index >= 15 is 0 Å². The first-order valence-corrected chi connectivity index (χ1v) is 10.9. The van der Waals surface area contributed by atoms with Crippen molar-refractivity contribution in [2.24, 2.45) is 7.05 Å². The molecule has 0 N–H and O–H groups in total. The van der Waals surface area contributed by atoms with Gasteiger partial charge in [-0.05, 0) is 56.2 Å². The maximum atomic E-state index is 13.6. The summed E-state index contributed by atoms with van der Waals surface area (Å²) in [6, 6.07) is 12.0. The lowest BCUT2D eigenvalue weighted by Gasteiger charge is -2.34. The number of aryl methyl sites for hydroxylation is 3. The fraction of sp³-hybridized carbons (Fsp3) is 0.375. The predicted molar refractivity (Wildman–Crippen MR) is 122 cm³/mol. The quantitative estimate of drug-likeness (QED) is 0.630. The number of hydrogen-bond acceptors (Lipinski definition) is 4. The number of rotatable bonds is 4. The van der Waals surface area contributed by atoms with Gasteiger partial charge in [-0.25, -0.2) is 9.48 Å². The van der Waals surface area contributed by atoms with E-state index in [1.807, 2.05) is 62.0 Å². The third-order valence-electron chi connectivity index (χ3n) is 5.82. The van der Waals surface area contributed by atoms with E-state index in [0.717, 1.165) is 28.2 Å². The van der Waals surface area contributed by atoms with Crippen LogP contribution < -0.4 is 0 Å². The molecule has 1 saturated heterocycles. The second-order valence-corrected chi connectivity index (χ2v) is 8.10. The molecule has 0 saturated carbocycles. The summed E-state index contributed by atoms with van der Waals surface area (Å²) >= 11 is 0. The molecule has 8 heteroatoms. The molecule has 1 fully saturated rings. The molecular weight excluding hydrogens is 406 g/mol. The molecule has 0 atom stereocenters. The Hall–Kier alpha value is -3.55. The molecule has 1 aromatic carbocycles. The van der Waals surface area contributed by atoms with Gasteiger partial charge in [-0.1, -0.05) is 12.1 Å². The van der Waals surface area contributed by atoms with Gasteiger partial charge in [-0.2, -0.15) is 5.10 Å². The van der Waals surface area contributed by atoms with Gasteiger partial charge >= 0.3 is 6.09 Å². The van der Waals surface area contributed by atoms with Crippen LogP contribution in [-0.4, -0.2) is 68.9 Å². The van der Waals surface area contributed by atoms with Crippen LogP contribution in [-0.2, 0) is 11.8 Å². The zero-order valence-electron chi connectivity index (χ0n) is 19.0. The first kappa shape index (κ1) is 21.7. The van der Waals surface area contributed by atoms with E-state index in [1.165, 1.54) is 0 Å². The van der Waals surface area contributed by atoms with E-state index in [0.29, 0.717) is 38.5 Å². The van der Waals surface area contributed by atoms with Crippen molar-refractivity contribution in [2.75, 3.05) is 32.8 Å². The van der Waals surface area contributed by atoms with Crippen molar-refractivity contribution < 1.29 is 14.3 Å². The van der Waals surface area contributed by atoms with Crippen molar-refractivity contribution >= 4 is 12.0 Å². The van der Waals surface area contributed by atoms with E-state index in [4.69, 9.17) is 9.84 Å². The van der Waals surface area contributed by atoms with Crippen molar-refractivity contribution in [3.63, 3.8) is 0 Å². The average Bonchev–Trinajstić information content (AvgIpc) is 3.41. The van der Waals surface area contributed by atoms with Gasteiger partial charge in [-0.3, -0.25) is 4.79 Å². The number of piperazine rings is 1. The van der Waals surface area contributed by atoms with Crippen molar-refractivity contribution in [3.8, 4) is 17.1 Å². The van der Waals surface area contributed by atoms with Crippen molar-refractivity contribution in [1.82, 2.24) is 24.1 Å². The molecule has 1 aliphatic heterocycles. The summed E-state index contributed by atoms with van der Waals surface area (Å²) in [5.74, 6) is -0.0950. The van der Waals surface area contributed by atoms with Crippen LogP contribution in [0, 0.1) is 13.8 Å². The van der Waals surface area contributed by atoms with Crippen LogP contribution in [0.25, 0.3) is 17.1 Å². The zero-order valence-corrected chi connectivity index (χ0v) is 19.0. The standard InChI is InChI=1S/C24H29N5O3/c1-5-32-24(31)28-13-11-27(12-14-28)23(30)22-16-19(20-7-6-10-26(20)4)25-29(22)21-15-17(2)8-9-18(21)3/h6-10,15-16H,5,11-14H2,1-4H3. The number of hydrogen-bond donors (Lipinski definition) is 0. The third kappa shape index (κ3) is 4.12. The normalized spacial score (nSPS) is 14.0. The van der Waals surface area contributed by atoms with E-state index < -0.39 is 0 Å². The van der Waals surface area contributed by atoms with Crippen molar-refractivity contribution in [1.29, 1.82) is 0 Å². The Morgan fingerprint density at radius 3 is 2.41 bits per heavy atom. The van der Waals surface area contributed by atoms with Crippen LogP contribution in [0.15, 0.2) is 42.6 Å². The Balaban J connectivity index is 1.68. The Morgan fingerprint density at radius 2 is 1.75 bits per heavy atom. The van der Waals surface area contributed by atoms with Gasteiger partial charge in [-0.15, -0.1) is 0 Å². The number of ether oxygens (including phenoxy) is 1. The molecule has 1 aliphatic rings. The molecule has 32 heavy (non-hydrogen) atoms. The largest absolute Gasteiger partial charge is 0.450 e. The highest BCUT2D eigenvalue weighted by atomic mass is 16.6. The number of carbonyl (C=O) groups is 2. The van der Waals surface area contributed by atoms with Crippen LogP contribution in [0.3, 0.4) is 0 Å². The van der Waals surface area contributed by atoms with Gasteiger partial charge in [0.15, 0.2) is 0 Å². The molecule has 3 heterocycles. The molecule has 3 aromatic rings. The minimum Gasteiger partial charge on any atom is -0.450 e. The summed E-state index contributed by atoms with van der Waals surface area (Å²) in [6.07, 6.45) is 1.63. The molecule has 2 amide bonds. The topological polar surface area (TPSA) is 72.6 Å². The Bertz CT molecular complexity index is 1140. The predicted octanol–water partition coefficient (Wildman–Crippen LogP) is 3.41. The summed E-state index contributed by atoms with van der Waals surface area (Å²) < 4.78 is 8.83. The maximum Gasteiger partial charge on any atom is 0.409 e. The SMILES string of the molecule is CCOC(=O)N1CCN(C(=O)c2cc(-c3cccn3C)nn2-c2cc(C)ccc2C)CC1. The van der Waals surface area contributed by atoms with Gasteiger partial charge in [0.25, 0.3) is 5.91 Å². The number of benzene rings is 1. The summed E-state index contributed by atoms with van der Waals surface area (Å²) in [6.45, 7) is 7.99. The minimum atomic E-state index is -0.328. The molecule has 8 nitrogen and oxygen atoms in total. The van der Waals surface area contributed by atoms with Gasteiger partial charge in [0.1, 0.15) is 11.4 Å². The second kappa shape index (κ2) is 8.90. The fourth-order valence-corrected chi connectivity index (χ4v) is 3.99. The smallest absolute Gasteiger partial charge is 0.409 e. The number of aromatic nitrogens is 3. The highest BCUT2D eigenvalue weighted by Crippen LogP contribution is 2.25. The summed E-state index contributed by atoms with van der Waals surface area (Å²) in [5.41, 5.74) is 5.22. The minimum absolute atomic E-state index is 0.0950. The lowest BCUT2D eigenvalue weighted by molar-refractivity contribution is 0.0563. The Kier molecular flexibility index (Phi) is 6.03. The summed E-state index contributed by atoms with van der Waals surface area (Å²) in [4.78, 5) is 29.0. The lowest BCUT2D eigenvalue weighted by Crippen LogP contribution is -2.51. The molecule has 0 unspecified atom stereocenters. The molecule has 0 radical (unpaired) electrons. The summed E-state index contributed by atoms with van der Waals surface area (Å²) in [7, 11) is 1.96. The van der Waals surface area contributed by atoms with Gasteiger partial charge in [0.2, 0.25) is 0 Å². The number of nitrogens with zero attached hydrogens (tertiary/aromatic N) is 5. The highest BCUT2D eigenvalue weighted by Gasteiger charge is 2.29. The Labute approximate surface area is 188 Å². The summed E-state index contributed by atoms with van der Waals surface area (Å²) in [5, 5.41) is 4.83. The van der Waals surface area contributed by atoms with Crippen molar-refractivity contribution in [3.05, 3.63) is 59.4 Å². The second-order valence-electron chi connectivity index (χ2n) is 8.10. The van der Waals surface area contributed by atoms with E-state index in [9.17, 15) is 9.59 Å².